The van der Waals surface area contributed by atoms with Gasteiger partial charge in [-0.3, -0.25) is 4.57 Å². The summed E-state index contributed by atoms with van der Waals surface area (Å²) in [5, 5.41) is 11.3. The van der Waals surface area contributed by atoms with Crippen molar-refractivity contribution < 1.29 is 18.9 Å². The second-order valence-corrected chi connectivity index (χ2v) is 8.00. The summed E-state index contributed by atoms with van der Waals surface area (Å²) in [5.74, 6) is -0.811. The van der Waals surface area contributed by atoms with Crippen LogP contribution in [0.15, 0.2) is 48.5 Å². The molecule has 0 heterocycles. The highest BCUT2D eigenvalue weighted by atomic mass is 31.2. The molecule has 0 unspecified atom stereocenters. The van der Waals surface area contributed by atoms with Crippen LogP contribution in [0.4, 0.5) is 5.69 Å². The average Bonchev–Trinajstić information content (AvgIpc) is 2.61. The van der Waals surface area contributed by atoms with Crippen LogP contribution in [0.2, 0.25) is 0 Å². The lowest BCUT2D eigenvalue weighted by molar-refractivity contribution is 0.214. The van der Waals surface area contributed by atoms with Crippen LogP contribution in [0.1, 0.15) is 18.3 Å². The molecule has 0 amide bonds. The molecular formula is C18H24NO4P. The van der Waals surface area contributed by atoms with Gasteiger partial charge in [-0.25, -0.2) is 0 Å². The maximum atomic E-state index is 13.5. The first-order valence-corrected chi connectivity index (χ1v) is 9.46. The zero-order valence-corrected chi connectivity index (χ0v) is 15.4. The quantitative estimate of drug-likeness (QED) is 0.777. The van der Waals surface area contributed by atoms with Crippen molar-refractivity contribution in [1.82, 2.24) is 0 Å². The molecule has 2 atom stereocenters. The van der Waals surface area contributed by atoms with Gasteiger partial charge in [-0.05, 0) is 37.3 Å². The maximum Gasteiger partial charge on any atom is 0.264 e. The van der Waals surface area contributed by atoms with Crippen LogP contribution >= 0.6 is 7.37 Å². The van der Waals surface area contributed by atoms with Gasteiger partial charge >= 0.3 is 0 Å². The lowest BCUT2D eigenvalue weighted by Gasteiger charge is -2.25. The Hall–Kier alpha value is -1.81. The number of hydrogen-bond acceptors (Lipinski definition) is 5. The van der Waals surface area contributed by atoms with Gasteiger partial charge < -0.3 is 19.3 Å². The largest absolute Gasteiger partial charge is 0.496 e. The smallest absolute Gasteiger partial charge is 0.264 e. The summed E-state index contributed by atoms with van der Waals surface area (Å²) in [7, 11) is 1.86. The zero-order valence-electron chi connectivity index (χ0n) is 14.5. The van der Waals surface area contributed by atoms with E-state index >= 15 is 0 Å². The number of aliphatic hydroxyl groups excluding tert-OH is 1. The van der Waals surface area contributed by atoms with Gasteiger partial charge in [-0.15, -0.1) is 0 Å². The number of anilines is 1. The van der Waals surface area contributed by atoms with E-state index in [2.05, 4.69) is 0 Å². The van der Waals surface area contributed by atoms with Crippen LogP contribution in [-0.2, 0) is 9.09 Å². The average molecular weight is 349 g/mol. The molecule has 130 valence electrons. The first-order valence-electron chi connectivity index (χ1n) is 7.77. The molecule has 0 saturated carbocycles. The lowest BCUT2D eigenvalue weighted by atomic mass is 10.2. The number of para-hydroxylation sites is 1. The van der Waals surface area contributed by atoms with Gasteiger partial charge in [0.25, 0.3) is 7.37 Å². The molecule has 0 aliphatic carbocycles. The number of nitrogens with zero attached hydrogens (tertiary/aromatic N) is 1. The van der Waals surface area contributed by atoms with Crippen LogP contribution in [0, 0.1) is 0 Å². The van der Waals surface area contributed by atoms with Gasteiger partial charge in [0.05, 0.1) is 13.7 Å². The molecular weight excluding hydrogens is 325 g/mol. The third-order valence-electron chi connectivity index (χ3n) is 3.79. The topological polar surface area (TPSA) is 59.0 Å². The van der Waals surface area contributed by atoms with Crippen LogP contribution in [0.5, 0.6) is 5.75 Å². The summed E-state index contributed by atoms with van der Waals surface area (Å²) in [6.07, 6.45) is 0. The summed E-state index contributed by atoms with van der Waals surface area (Å²) < 4.78 is 24.4. The minimum absolute atomic E-state index is 0.235. The van der Waals surface area contributed by atoms with Crippen molar-refractivity contribution in [3.63, 3.8) is 0 Å². The molecule has 0 fully saturated rings. The summed E-state index contributed by atoms with van der Waals surface area (Å²) in [5.41, 5.74) is 1.43. The van der Waals surface area contributed by atoms with Gasteiger partial charge in [0, 0.05) is 30.7 Å². The molecule has 0 aliphatic heterocycles. The van der Waals surface area contributed by atoms with E-state index in [1.165, 1.54) is 7.11 Å². The molecule has 0 radical (unpaired) electrons. The summed E-state index contributed by atoms with van der Waals surface area (Å²) in [6, 6.07) is 14.2. The number of rotatable bonds is 7. The number of aliphatic hydroxyl groups is 1. The highest BCUT2D eigenvalue weighted by Crippen LogP contribution is 2.58. The minimum atomic E-state index is -3.52. The van der Waals surface area contributed by atoms with Crippen LogP contribution < -0.4 is 14.9 Å². The summed E-state index contributed by atoms with van der Waals surface area (Å²) >= 11 is 0. The first kappa shape index (κ1) is 18.5. The normalized spacial score (nSPS) is 14.7. The van der Waals surface area contributed by atoms with Crippen LogP contribution in [0.25, 0.3) is 0 Å². The highest BCUT2D eigenvalue weighted by molar-refractivity contribution is 7.67. The molecule has 5 nitrogen and oxygen atoms in total. The minimum Gasteiger partial charge on any atom is -0.496 e. The van der Waals surface area contributed by atoms with Gasteiger partial charge in [0.1, 0.15) is 5.75 Å². The maximum absolute atomic E-state index is 13.5. The number of benzene rings is 2. The Morgan fingerprint density at radius 1 is 1.12 bits per heavy atom. The summed E-state index contributed by atoms with van der Waals surface area (Å²) in [4.78, 5) is 1.95. The van der Waals surface area contributed by atoms with Crippen LogP contribution in [-0.4, -0.2) is 32.9 Å². The van der Waals surface area contributed by atoms with E-state index in [9.17, 15) is 9.67 Å². The second-order valence-electron chi connectivity index (χ2n) is 5.54. The third kappa shape index (κ3) is 3.64. The molecule has 24 heavy (non-hydrogen) atoms. The molecule has 2 aromatic carbocycles. The SMILES string of the molecule is CCO[P@@](=O)(c1ccc(N(C)C)cc1)[C@@H](O)c1ccccc1OC. The molecule has 0 aliphatic rings. The van der Waals surface area contributed by atoms with Crippen molar-refractivity contribution >= 4 is 18.4 Å². The Morgan fingerprint density at radius 3 is 2.29 bits per heavy atom. The van der Waals surface area contributed by atoms with E-state index in [-0.39, 0.29) is 6.61 Å². The van der Waals surface area contributed by atoms with Crippen LogP contribution in [0.3, 0.4) is 0 Å². The number of hydrogen-bond donors (Lipinski definition) is 1. The fraction of sp³-hybridized carbons (Fsp3) is 0.333. The van der Waals surface area contributed by atoms with E-state index < -0.39 is 13.2 Å². The predicted molar refractivity (Wildman–Crippen MR) is 97.6 cm³/mol. The molecule has 0 spiro atoms. The lowest BCUT2D eigenvalue weighted by Crippen LogP contribution is -2.16. The number of methoxy groups -OCH3 is 1. The Labute approximate surface area is 143 Å². The second kappa shape index (κ2) is 7.84. The molecule has 0 aromatic heterocycles. The third-order valence-corrected chi connectivity index (χ3v) is 6.37. The summed E-state index contributed by atoms with van der Waals surface area (Å²) in [6.45, 7) is 1.99. The zero-order chi connectivity index (χ0) is 17.7. The van der Waals surface area contributed by atoms with Crippen molar-refractivity contribution in [3.8, 4) is 5.75 Å². The molecule has 2 rings (SSSR count). The van der Waals surface area contributed by atoms with Gasteiger partial charge in [0.2, 0.25) is 0 Å². The number of ether oxygens (including phenoxy) is 1. The van der Waals surface area contributed by atoms with E-state index in [4.69, 9.17) is 9.26 Å². The first-order chi connectivity index (χ1) is 11.4. The van der Waals surface area contributed by atoms with Gasteiger partial charge in [-0.2, -0.15) is 0 Å². The van der Waals surface area contributed by atoms with Crippen molar-refractivity contribution in [3.05, 3.63) is 54.1 Å². The fourth-order valence-corrected chi connectivity index (χ4v) is 4.60. The Balaban J connectivity index is 2.48. The highest BCUT2D eigenvalue weighted by Gasteiger charge is 2.37. The van der Waals surface area contributed by atoms with Crippen molar-refractivity contribution in [2.45, 2.75) is 12.8 Å². The molecule has 2 aromatic rings. The monoisotopic (exact) mass is 349 g/mol. The molecule has 1 N–H and O–H groups in total. The van der Waals surface area contributed by atoms with Gasteiger partial charge in [0.15, 0.2) is 5.85 Å². The molecule has 6 heteroatoms. The van der Waals surface area contributed by atoms with Crippen molar-refractivity contribution in [2.24, 2.45) is 0 Å². The van der Waals surface area contributed by atoms with E-state index in [0.717, 1.165) is 5.69 Å². The van der Waals surface area contributed by atoms with Crippen molar-refractivity contribution in [2.75, 3.05) is 32.7 Å². The fourth-order valence-electron chi connectivity index (χ4n) is 2.50. The van der Waals surface area contributed by atoms with Crippen molar-refractivity contribution in [1.29, 1.82) is 0 Å². The molecule has 0 saturated heterocycles. The van der Waals surface area contributed by atoms with E-state index in [0.29, 0.717) is 16.6 Å². The Bertz CT molecular complexity index is 715. The Morgan fingerprint density at radius 2 is 1.75 bits per heavy atom. The standard InChI is InChI=1S/C18H24NO4P/c1-5-23-24(21,15-12-10-14(11-13-15)19(2)3)18(20)16-8-6-7-9-17(16)22-4/h6-13,18,20H,5H2,1-4H3/t18-,24+/m1/s1. The van der Waals surface area contributed by atoms with E-state index in [1.807, 2.05) is 31.1 Å². The van der Waals surface area contributed by atoms with E-state index in [1.54, 1.807) is 43.3 Å². The van der Waals surface area contributed by atoms with Gasteiger partial charge in [-0.1, -0.05) is 18.2 Å². The Kier molecular flexibility index (Phi) is 6.05. The molecule has 0 bridgehead atoms. The predicted octanol–water partition coefficient (Wildman–Crippen LogP) is 3.39.